The summed E-state index contributed by atoms with van der Waals surface area (Å²) >= 11 is 0. The molecule has 1 N–H and O–H groups in total. The molecule has 2 heteroatoms. The Morgan fingerprint density at radius 3 is 2.35 bits per heavy atom. The van der Waals surface area contributed by atoms with Crippen LogP contribution in [0.3, 0.4) is 0 Å². The second-order valence-electron chi connectivity index (χ2n) is 6.08. The molecule has 0 aliphatic carbocycles. The number of hydrogen-bond donors (Lipinski definition) is 1. The molecule has 0 spiro atoms. The third-order valence-electron chi connectivity index (χ3n) is 3.09. The largest absolute Gasteiger partial charge is 0.466 e. The molecule has 0 aromatic carbocycles. The van der Waals surface area contributed by atoms with Crippen molar-refractivity contribution in [2.24, 2.45) is 5.41 Å². The van der Waals surface area contributed by atoms with Gasteiger partial charge in [0.25, 0.3) is 0 Å². The van der Waals surface area contributed by atoms with Crippen LogP contribution in [0.4, 0.5) is 0 Å². The van der Waals surface area contributed by atoms with Crippen molar-refractivity contribution in [2.45, 2.75) is 60.4 Å². The van der Waals surface area contributed by atoms with Crippen molar-refractivity contribution in [3.8, 4) is 0 Å². The fourth-order valence-electron chi connectivity index (χ4n) is 2.19. The van der Waals surface area contributed by atoms with Crippen LogP contribution in [-0.4, -0.2) is 6.54 Å². The fraction of sp³-hybridized carbons (Fsp3) is 0.733. The van der Waals surface area contributed by atoms with E-state index in [1.165, 1.54) is 12.0 Å². The molecule has 0 saturated heterocycles. The molecule has 1 aromatic rings. The molecule has 0 fully saturated rings. The highest BCUT2D eigenvalue weighted by Gasteiger charge is 2.19. The van der Waals surface area contributed by atoms with Gasteiger partial charge in [0.2, 0.25) is 0 Å². The summed E-state index contributed by atoms with van der Waals surface area (Å²) in [4.78, 5) is 0. The quantitative estimate of drug-likeness (QED) is 0.822. The van der Waals surface area contributed by atoms with E-state index in [4.69, 9.17) is 4.42 Å². The van der Waals surface area contributed by atoms with Crippen LogP contribution >= 0.6 is 0 Å². The van der Waals surface area contributed by atoms with Gasteiger partial charge in [0.15, 0.2) is 0 Å². The van der Waals surface area contributed by atoms with E-state index in [-0.39, 0.29) is 0 Å². The van der Waals surface area contributed by atoms with Gasteiger partial charge in [0.1, 0.15) is 11.5 Å². The third kappa shape index (κ3) is 4.55. The molecule has 0 radical (unpaired) electrons. The van der Waals surface area contributed by atoms with E-state index in [2.05, 4.69) is 46.0 Å². The van der Waals surface area contributed by atoms with Crippen LogP contribution in [0.15, 0.2) is 10.5 Å². The zero-order valence-corrected chi connectivity index (χ0v) is 12.2. The monoisotopic (exact) mass is 237 g/mol. The molecule has 0 saturated carbocycles. The zero-order chi connectivity index (χ0) is 13.1. The van der Waals surface area contributed by atoms with Crippen LogP contribution in [0.1, 0.15) is 63.7 Å². The third-order valence-corrected chi connectivity index (χ3v) is 3.09. The second-order valence-corrected chi connectivity index (χ2v) is 6.08. The van der Waals surface area contributed by atoms with Crippen molar-refractivity contribution in [1.82, 2.24) is 5.32 Å². The van der Waals surface area contributed by atoms with Crippen molar-refractivity contribution in [3.05, 3.63) is 23.2 Å². The highest BCUT2D eigenvalue weighted by Crippen LogP contribution is 2.30. The van der Waals surface area contributed by atoms with Gasteiger partial charge in [-0.15, -0.1) is 0 Å². The highest BCUT2D eigenvalue weighted by atomic mass is 16.3. The lowest BCUT2D eigenvalue weighted by Crippen LogP contribution is -2.22. The number of rotatable bonds is 5. The number of furan rings is 1. The number of nitrogens with one attached hydrogen (secondary N) is 1. The normalized spacial score (nSPS) is 14.0. The van der Waals surface area contributed by atoms with Crippen LogP contribution in [-0.2, 0) is 0 Å². The first-order valence-corrected chi connectivity index (χ1v) is 6.64. The lowest BCUT2D eigenvalue weighted by Gasteiger charge is -2.23. The minimum Gasteiger partial charge on any atom is -0.466 e. The zero-order valence-electron chi connectivity index (χ0n) is 12.2. The molecule has 0 aliphatic rings. The highest BCUT2D eigenvalue weighted by molar-refractivity contribution is 5.24. The first-order chi connectivity index (χ1) is 7.83. The topological polar surface area (TPSA) is 25.2 Å². The summed E-state index contributed by atoms with van der Waals surface area (Å²) in [6, 6.07) is 2.60. The molecule has 98 valence electrons. The predicted molar refractivity (Wildman–Crippen MR) is 73.3 cm³/mol. The molecule has 1 atom stereocenters. The Morgan fingerprint density at radius 1 is 1.29 bits per heavy atom. The van der Waals surface area contributed by atoms with Crippen LogP contribution in [0.5, 0.6) is 0 Å². The summed E-state index contributed by atoms with van der Waals surface area (Å²) < 4.78 is 5.63. The average Bonchev–Trinajstić information content (AvgIpc) is 2.51. The summed E-state index contributed by atoms with van der Waals surface area (Å²) in [5.41, 5.74) is 1.72. The molecule has 2 nitrogen and oxygen atoms in total. The lowest BCUT2D eigenvalue weighted by molar-refractivity contribution is 0.332. The van der Waals surface area contributed by atoms with Crippen molar-refractivity contribution >= 4 is 0 Å². The standard InChI is InChI=1S/C15H27NO/c1-7-16-14(8-9-15(4,5)6)13-10-11(2)17-12(13)3/h10,14,16H,7-9H2,1-6H3. The average molecular weight is 237 g/mol. The first-order valence-electron chi connectivity index (χ1n) is 6.64. The Labute approximate surface area is 106 Å². The van der Waals surface area contributed by atoms with E-state index in [0.717, 1.165) is 24.5 Å². The van der Waals surface area contributed by atoms with Crippen molar-refractivity contribution in [1.29, 1.82) is 0 Å². The van der Waals surface area contributed by atoms with Crippen LogP contribution < -0.4 is 5.32 Å². The molecule has 1 unspecified atom stereocenters. The molecule has 0 bridgehead atoms. The van der Waals surface area contributed by atoms with Crippen molar-refractivity contribution < 1.29 is 4.42 Å². The molecule has 1 rings (SSSR count). The summed E-state index contributed by atoms with van der Waals surface area (Å²) in [7, 11) is 0. The van der Waals surface area contributed by atoms with Crippen LogP contribution in [0, 0.1) is 19.3 Å². The first kappa shape index (κ1) is 14.3. The maximum absolute atomic E-state index is 5.63. The molecule has 1 heterocycles. The molecular weight excluding hydrogens is 210 g/mol. The van der Waals surface area contributed by atoms with E-state index in [1.807, 2.05) is 6.92 Å². The predicted octanol–water partition coefficient (Wildman–Crippen LogP) is 4.37. The van der Waals surface area contributed by atoms with Crippen LogP contribution in [0.25, 0.3) is 0 Å². The van der Waals surface area contributed by atoms with Crippen molar-refractivity contribution in [3.63, 3.8) is 0 Å². The summed E-state index contributed by atoms with van der Waals surface area (Å²) in [6.45, 7) is 14.1. The van der Waals surface area contributed by atoms with Gasteiger partial charge in [-0.3, -0.25) is 0 Å². The van der Waals surface area contributed by atoms with Gasteiger partial charge in [-0.25, -0.2) is 0 Å². The summed E-state index contributed by atoms with van der Waals surface area (Å²) in [5.74, 6) is 2.07. The van der Waals surface area contributed by atoms with Crippen LogP contribution in [0.2, 0.25) is 0 Å². The summed E-state index contributed by atoms with van der Waals surface area (Å²) in [5, 5.41) is 3.57. The van der Waals surface area contributed by atoms with Gasteiger partial charge < -0.3 is 9.73 Å². The van der Waals surface area contributed by atoms with E-state index in [1.54, 1.807) is 0 Å². The number of hydrogen-bond acceptors (Lipinski definition) is 2. The Kier molecular flexibility index (Phi) is 4.81. The molecule has 1 aromatic heterocycles. The smallest absolute Gasteiger partial charge is 0.105 e. The molecule has 17 heavy (non-hydrogen) atoms. The number of aryl methyl sites for hydroxylation is 2. The maximum Gasteiger partial charge on any atom is 0.105 e. The van der Waals surface area contributed by atoms with Gasteiger partial charge in [0.05, 0.1) is 0 Å². The summed E-state index contributed by atoms with van der Waals surface area (Å²) in [6.07, 6.45) is 2.38. The van der Waals surface area contributed by atoms with E-state index in [9.17, 15) is 0 Å². The second kappa shape index (κ2) is 5.72. The minimum atomic E-state index is 0.389. The lowest BCUT2D eigenvalue weighted by atomic mass is 9.87. The van der Waals surface area contributed by atoms with E-state index in [0.29, 0.717) is 11.5 Å². The SMILES string of the molecule is CCNC(CCC(C)(C)C)c1cc(C)oc1C. The van der Waals surface area contributed by atoms with Gasteiger partial charge in [-0.1, -0.05) is 27.7 Å². The Hall–Kier alpha value is -0.760. The van der Waals surface area contributed by atoms with Crippen molar-refractivity contribution in [2.75, 3.05) is 6.54 Å². The molecule has 0 amide bonds. The minimum absolute atomic E-state index is 0.389. The van der Waals surface area contributed by atoms with Gasteiger partial charge in [-0.05, 0) is 44.7 Å². The maximum atomic E-state index is 5.63. The van der Waals surface area contributed by atoms with Gasteiger partial charge in [-0.2, -0.15) is 0 Å². The molecule has 0 aliphatic heterocycles. The Bertz CT molecular complexity index is 346. The Morgan fingerprint density at radius 2 is 1.94 bits per heavy atom. The fourth-order valence-corrected chi connectivity index (χ4v) is 2.19. The molecular formula is C15H27NO. The van der Waals surface area contributed by atoms with Gasteiger partial charge in [0, 0.05) is 11.6 Å². The van der Waals surface area contributed by atoms with E-state index >= 15 is 0 Å². The van der Waals surface area contributed by atoms with Gasteiger partial charge >= 0.3 is 0 Å². The Balaban J connectivity index is 2.75. The van der Waals surface area contributed by atoms with E-state index < -0.39 is 0 Å².